The number of aryl methyl sites for hydroxylation is 1. The van der Waals surface area contributed by atoms with E-state index >= 15 is 0 Å². The van der Waals surface area contributed by atoms with E-state index in [1.54, 1.807) is 6.07 Å². The molecule has 5 heteroatoms. The zero-order valence-electron chi connectivity index (χ0n) is 10.8. The van der Waals surface area contributed by atoms with Crippen LogP contribution in [-0.2, 0) is 11.2 Å². The monoisotopic (exact) mass is 353 g/mol. The van der Waals surface area contributed by atoms with Crippen molar-refractivity contribution in [3.8, 4) is 0 Å². The number of carboxylic acids is 1. The minimum atomic E-state index is -0.901. The average Bonchev–Trinajstić information content (AvgIpc) is 2.36. The van der Waals surface area contributed by atoms with Gasteiger partial charge < -0.3 is 5.11 Å². The summed E-state index contributed by atoms with van der Waals surface area (Å²) in [5.74, 6) is -1.61. The number of pyridine rings is 1. The highest BCUT2D eigenvalue weighted by Crippen LogP contribution is 2.28. The van der Waals surface area contributed by atoms with Crippen molar-refractivity contribution >= 4 is 33.5 Å². The number of rotatable bonds is 4. The Morgan fingerprint density at radius 3 is 2.80 bits per heavy atom. The summed E-state index contributed by atoms with van der Waals surface area (Å²) >= 11 is 9.18. The maximum atomic E-state index is 11.5. The molecule has 0 saturated carbocycles. The van der Waals surface area contributed by atoms with E-state index in [1.807, 2.05) is 31.2 Å². The van der Waals surface area contributed by atoms with Crippen LogP contribution in [0.5, 0.6) is 0 Å². The summed E-state index contributed by atoms with van der Waals surface area (Å²) in [6.45, 7) is 1.98. The largest absolute Gasteiger partial charge is 0.481 e. The summed E-state index contributed by atoms with van der Waals surface area (Å²) in [5.41, 5.74) is 2.57. The van der Waals surface area contributed by atoms with Gasteiger partial charge in [0.2, 0.25) is 0 Å². The smallest absolute Gasteiger partial charge is 0.312 e. The lowest BCUT2D eigenvalue weighted by Gasteiger charge is -2.14. The molecule has 0 radical (unpaired) electrons. The van der Waals surface area contributed by atoms with Gasteiger partial charge in [-0.25, -0.2) is 0 Å². The topological polar surface area (TPSA) is 50.2 Å². The van der Waals surface area contributed by atoms with Crippen molar-refractivity contribution < 1.29 is 9.90 Å². The molecule has 1 aromatic heterocycles. The first kappa shape index (κ1) is 15.0. The molecule has 1 atom stereocenters. The normalized spacial score (nSPS) is 12.2. The zero-order valence-corrected chi connectivity index (χ0v) is 13.1. The van der Waals surface area contributed by atoms with E-state index in [-0.39, 0.29) is 0 Å². The van der Waals surface area contributed by atoms with E-state index in [0.717, 1.165) is 11.1 Å². The Morgan fingerprint density at radius 2 is 2.20 bits per heavy atom. The Morgan fingerprint density at radius 1 is 1.45 bits per heavy atom. The highest BCUT2D eigenvalue weighted by Gasteiger charge is 2.24. The average molecular weight is 355 g/mol. The van der Waals surface area contributed by atoms with Crippen LogP contribution in [-0.4, -0.2) is 16.1 Å². The van der Waals surface area contributed by atoms with Crippen LogP contribution >= 0.6 is 27.5 Å². The molecule has 0 aliphatic rings. The minimum absolute atomic E-state index is 0.393. The van der Waals surface area contributed by atoms with Gasteiger partial charge in [-0.15, -0.1) is 0 Å². The van der Waals surface area contributed by atoms with Crippen molar-refractivity contribution in [1.82, 2.24) is 4.98 Å². The molecule has 0 spiro atoms. The first-order chi connectivity index (χ1) is 9.47. The summed E-state index contributed by atoms with van der Waals surface area (Å²) in [6, 6.07) is 9.48. The van der Waals surface area contributed by atoms with Crippen LogP contribution in [0.3, 0.4) is 0 Å². The van der Waals surface area contributed by atoms with Crippen molar-refractivity contribution in [1.29, 1.82) is 0 Å². The molecule has 3 nitrogen and oxygen atoms in total. The van der Waals surface area contributed by atoms with Gasteiger partial charge >= 0.3 is 5.97 Å². The van der Waals surface area contributed by atoms with Crippen LogP contribution in [0, 0.1) is 6.92 Å². The van der Waals surface area contributed by atoms with Crippen LogP contribution in [0.4, 0.5) is 0 Å². The summed E-state index contributed by atoms with van der Waals surface area (Å²) in [4.78, 5) is 15.7. The Kier molecular flexibility index (Phi) is 4.78. The molecule has 0 bridgehead atoms. The molecule has 1 heterocycles. The molecule has 0 fully saturated rings. The lowest BCUT2D eigenvalue weighted by atomic mass is 9.95. The molecular weight excluding hydrogens is 342 g/mol. The second-order valence-electron chi connectivity index (χ2n) is 4.60. The van der Waals surface area contributed by atoms with E-state index in [1.165, 1.54) is 6.20 Å². The van der Waals surface area contributed by atoms with Gasteiger partial charge in [0.05, 0.1) is 10.7 Å². The lowest BCUT2D eigenvalue weighted by Crippen LogP contribution is -2.16. The first-order valence-electron chi connectivity index (χ1n) is 6.06. The van der Waals surface area contributed by atoms with E-state index in [9.17, 15) is 9.90 Å². The third kappa shape index (κ3) is 3.58. The van der Waals surface area contributed by atoms with Crippen LogP contribution in [0.15, 0.2) is 41.0 Å². The SMILES string of the molecule is Cc1cccc(CC(C(=O)O)c2ncc(Cl)cc2Br)c1. The molecule has 0 aliphatic heterocycles. The number of carboxylic acid groups (broad SMARTS) is 1. The molecule has 0 saturated heterocycles. The summed E-state index contributed by atoms with van der Waals surface area (Å²) in [6.07, 6.45) is 1.86. The third-order valence-electron chi connectivity index (χ3n) is 2.99. The fraction of sp³-hybridized carbons (Fsp3) is 0.200. The molecule has 2 aromatic rings. The van der Waals surface area contributed by atoms with Crippen LogP contribution in [0.2, 0.25) is 5.02 Å². The molecule has 1 unspecified atom stereocenters. The number of aromatic nitrogens is 1. The summed E-state index contributed by atoms with van der Waals surface area (Å²) in [7, 11) is 0. The quantitative estimate of drug-likeness (QED) is 0.894. The summed E-state index contributed by atoms with van der Waals surface area (Å²) < 4.78 is 0.616. The first-order valence-corrected chi connectivity index (χ1v) is 7.24. The standard InChI is InChI=1S/C15H13BrClNO2/c1-9-3-2-4-10(5-9)6-12(15(19)20)14-13(16)7-11(17)8-18-14/h2-5,7-8,12H,6H2,1H3,(H,19,20). The zero-order chi connectivity index (χ0) is 14.7. The molecule has 0 amide bonds. The number of carbonyl (C=O) groups is 1. The van der Waals surface area contributed by atoms with Gasteiger partial charge in [0.1, 0.15) is 5.92 Å². The molecule has 1 aromatic carbocycles. The predicted molar refractivity (Wildman–Crippen MR) is 82.2 cm³/mol. The number of hydrogen-bond acceptors (Lipinski definition) is 2. The molecule has 20 heavy (non-hydrogen) atoms. The van der Waals surface area contributed by atoms with E-state index in [2.05, 4.69) is 20.9 Å². The number of hydrogen-bond donors (Lipinski definition) is 1. The molecule has 1 N–H and O–H groups in total. The second-order valence-corrected chi connectivity index (χ2v) is 5.90. The van der Waals surface area contributed by atoms with Gasteiger partial charge in [0.15, 0.2) is 0 Å². The van der Waals surface area contributed by atoms with E-state index in [0.29, 0.717) is 21.6 Å². The van der Waals surface area contributed by atoms with Gasteiger partial charge in [-0.05, 0) is 40.9 Å². The molecule has 2 rings (SSSR count). The van der Waals surface area contributed by atoms with Crippen LogP contribution in [0.25, 0.3) is 0 Å². The van der Waals surface area contributed by atoms with Gasteiger partial charge in [0, 0.05) is 10.7 Å². The highest BCUT2D eigenvalue weighted by atomic mass is 79.9. The molecule has 104 valence electrons. The molecular formula is C15H13BrClNO2. The van der Waals surface area contributed by atoms with E-state index < -0.39 is 11.9 Å². The van der Waals surface area contributed by atoms with Crippen molar-refractivity contribution in [3.63, 3.8) is 0 Å². The van der Waals surface area contributed by atoms with Crippen LogP contribution in [0.1, 0.15) is 22.7 Å². The Bertz CT molecular complexity index is 646. The fourth-order valence-electron chi connectivity index (χ4n) is 2.06. The van der Waals surface area contributed by atoms with Crippen molar-refractivity contribution in [2.75, 3.05) is 0 Å². The number of aliphatic carboxylic acids is 1. The molecule has 0 aliphatic carbocycles. The maximum Gasteiger partial charge on any atom is 0.312 e. The van der Waals surface area contributed by atoms with Crippen molar-refractivity contribution in [2.45, 2.75) is 19.3 Å². The fourth-order valence-corrected chi connectivity index (χ4v) is 2.97. The van der Waals surface area contributed by atoms with E-state index in [4.69, 9.17) is 11.6 Å². The predicted octanol–water partition coefficient (Wildman–Crippen LogP) is 4.22. The van der Waals surface area contributed by atoms with Crippen molar-refractivity contribution in [3.05, 3.63) is 62.8 Å². The van der Waals surface area contributed by atoms with Gasteiger partial charge in [-0.3, -0.25) is 9.78 Å². The number of benzene rings is 1. The maximum absolute atomic E-state index is 11.5. The van der Waals surface area contributed by atoms with Gasteiger partial charge in [-0.2, -0.15) is 0 Å². The van der Waals surface area contributed by atoms with Gasteiger partial charge in [-0.1, -0.05) is 41.4 Å². The number of halogens is 2. The van der Waals surface area contributed by atoms with Crippen LogP contribution < -0.4 is 0 Å². The highest BCUT2D eigenvalue weighted by molar-refractivity contribution is 9.10. The summed E-state index contributed by atoms with van der Waals surface area (Å²) in [5, 5.41) is 9.93. The lowest BCUT2D eigenvalue weighted by molar-refractivity contribution is -0.138. The Hall–Kier alpha value is -1.39. The Labute approximate surface area is 130 Å². The van der Waals surface area contributed by atoms with Gasteiger partial charge in [0.25, 0.3) is 0 Å². The van der Waals surface area contributed by atoms with Crippen molar-refractivity contribution in [2.24, 2.45) is 0 Å². The third-order valence-corrected chi connectivity index (χ3v) is 3.83. The number of nitrogens with zero attached hydrogens (tertiary/aromatic N) is 1. The Balaban J connectivity index is 2.34. The minimum Gasteiger partial charge on any atom is -0.481 e. The second kappa shape index (κ2) is 6.37.